The highest BCUT2D eigenvalue weighted by Crippen LogP contribution is 2.26. The Morgan fingerprint density at radius 3 is 2.17 bits per heavy atom. The van der Waals surface area contributed by atoms with Crippen LogP contribution in [-0.2, 0) is 26.1 Å². The molecule has 0 spiro atoms. The first-order valence-corrected chi connectivity index (χ1v) is 10.6. The molecule has 0 aliphatic carbocycles. The van der Waals surface area contributed by atoms with E-state index in [2.05, 4.69) is 0 Å². The van der Waals surface area contributed by atoms with Crippen LogP contribution in [0.5, 0.6) is 0 Å². The van der Waals surface area contributed by atoms with E-state index >= 15 is 0 Å². The number of nitrogens with zero attached hydrogens (tertiary/aromatic N) is 2. The van der Waals surface area contributed by atoms with Crippen LogP contribution in [0.4, 0.5) is 5.69 Å². The molecule has 1 atom stereocenters. The second-order valence-electron chi connectivity index (χ2n) is 6.73. The lowest BCUT2D eigenvalue weighted by atomic mass is 10.0. The van der Waals surface area contributed by atoms with E-state index in [9.17, 15) is 23.3 Å². The van der Waals surface area contributed by atoms with Crippen molar-refractivity contribution in [3.05, 3.63) is 70.3 Å². The standard InChI is InChI=1S/C20H24N2O6S/c1-4-28-20(23)19(15(2)3)21(14-16-8-6-5-7-9-16)29(26,27)18-12-10-17(11-13-18)22(24)25/h5-13,15,19H,4,14H2,1-3H3/t19-/m0/s1. The Labute approximate surface area is 170 Å². The second-order valence-corrected chi connectivity index (χ2v) is 8.62. The summed E-state index contributed by atoms with van der Waals surface area (Å²) in [5, 5.41) is 10.9. The van der Waals surface area contributed by atoms with Gasteiger partial charge in [-0.05, 0) is 30.5 Å². The van der Waals surface area contributed by atoms with Crippen molar-refractivity contribution in [1.29, 1.82) is 0 Å². The van der Waals surface area contributed by atoms with Gasteiger partial charge in [0, 0.05) is 18.7 Å². The first-order valence-electron chi connectivity index (χ1n) is 9.15. The van der Waals surface area contributed by atoms with Gasteiger partial charge >= 0.3 is 5.97 Å². The minimum atomic E-state index is -4.14. The number of carbonyl (C=O) groups is 1. The highest BCUT2D eigenvalue weighted by Gasteiger charge is 2.39. The molecule has 0 unspecified atom stereocenters. The number of rotatable bonds is 9. The van der Waals surface area contributed by atoms with Gasteiger partial charge in [0.15, 0.2) is 0 Å². The van der Waals surface area contributed by atoms with Crippen LogP contribution in [0.25, 0.3) is 0 Å². The summed E-state index contributed by atoms with van der Waals surface area (Å²) in [6.45, 7) is 5.22. The summed E-state index contributed by atoms with van der Waals surface area (Å²) in [7, 11) is -4.14. The molecule has 0 heterocycles. The quantitative estimate of drug-likeness (QED) is 0.350. The molecule has 0 radical (unpaired) electrons. The number of hydrogen-bond acceptors (Lipinski definition) is 6. The number of benzene rings is 2. The maximum atomic E-state index is 13.4. The molecule has 2 rings (SSSR count). The molecule has 9 heteroatoms. The van der Waals surface area contributed by atoms with Crippen molar-refractivity contribution in [3.8, 4) is 0 Å². The van der Waals surface area contributed by atoms with Gasteiger partial charge in [-0.1, -0.05) is 44.2 Å². The third kappa shape index (κ3) is 5.39. The molecular formula is C20H24N2O6S. The van der Waals surface area contributed by atoms with Crippen LogP contribution in [0.3, 0.4) is 0 Å². The van der Waals surface area contributed by atoms with Gasteiger partial charge in [-0.3, -0.25) is 14.9 Å². The fraction of sp³-hybridized carbons (Fsp3) is 0.350. The van der Waals surface area contributed by atoms with Gasteiger partial charge in [-0.15, -0.1) is 0 Å². The van der Waals surface area contributed by atoms with Gasteiger partial charge < -0.3 is 4.74 Å². The molecule has 0 aliphatic heterocycles. The van der Waals surface area contributed by atoms with Gasteiger partial charge in [0.25, 0.3) is 5.69 Å². The Morgan fingerprint density at radius 2 is 1.69 bits per heavy atom. The number of nitro benzene ring substituents is 1. The molecule has 156 valence electrons. The normalized spacial score (nSPS) is 12.7. The third-order valence-electron chi connectivity index (χ3n) is 4.31. The SMILES string of the molecule is CCOC(=O)[C@H](C(C)C)N(Cc1ccccc1)S(=O)(=O)c1ccc([N+](=O)[O-])cc1. The predicted molar refractivity (Wildman–Crippen MR) is 108 cm³/mol. The van der Waals surface area contributed by atoms with Crippen LogP contribution in [-0.4, -0.2) is 36.3 Å². The van der Waals surface area contributed by atoms with Crippen molar-refractivity contribution >= 4 is 21.7 Å². The maximum absolute atomic E-state index is 13.4. The molecule has 0 amide bonds. The van der Waals surface area contributed by atoms with Crippen LogP contribution in [0.2, 0.25) is 0 Å². The molecule has 0 aliphatic rings. The average Bonchev–Trinajstić information content (AvgIpc) is 2.68. The Bertz CT molecular complexity index is 943. The van der Waals surface area contributed by atoms with E-state index in [4.69, 9.17) is 4.74 Å². The van der Waals surface area contributed by atoms with E-state index < -0.39 is 27.0 Å². The number of sulfonamides is 1. The van der Waals surface area contributed by atoms with Gasteiger partial charge in [-0.2, -0.15) is 4.31 Å². The smallest absolute Gasteiger partial charge is 0.324 e. The molecule has 8 nitrogen and oxygen atoms in total. The van der Waals surface area contributed by atoms with Crippen LogP contribution in [0, 0.1) is 16.0 Å². The maximum Gasteiger partial charge on any atom is 0.324 e. The lowest BCUT2D eigenvalue weighted by Crippen LogP contribution is -2.48. The van der Waals surface area contributed by atoms with Gasteiger partial charge in [0.05, 0.1) is 16.4 Å². The number of esters is 1. The van der Waals surface area contributed by atoms with Crippen molar-refractivity contribution in [2.45, 2.75) is 38.3 Å². The van der Waals surface area contributed by atoms with E-state index in [0.29, 0.717) is 5.56 Å². The zero-order chi connectivity index (χ0) is 21.6. The van der Waals surface area contributed by atoms with Crippen LogP contribution < -0.4 is 0 Å². The van der Waals surface area contributed by atoms with E-state index in [0.717, 1.165) is 16.4 Å². The summed E-state index contributed by atoms with van der Waals surface area (Å²) in [5.41, 5.74) is 0.484. The highest BCUT2D eigenvalue weighted by atomic mass is 32.2. The monoisotopic (exact) mass is 420 g/mol. The average molecular weight is 420 g/mol. The molecule has 0 fully saturated rings. The molecular weight excluding hydrogens is 396 g/mol. The summed E-state index contributed by atoms with van der Waals surface area (Å²) in [6.07, 6.45) is 0. The number of hydrogen-bond donors (Lipinski definition) is 0. The predicted octanol–water partition coefficient (Wildman–Crippen LogP) is 3.37. The molecule has 0 N–H and O–H groups in total. The molecule has 0 saturated carbocycles. The summed E-state index contributed by atoms with van der Waals surface area (Å²) in [4.78, 5) is 22.8. The van der Waals surface area contributed by atoms with Gasteiger partial charge in [0.1, 0.15) is 6.04 Å². The number of non-ortho nitro benzene ring substituents is 1. The summed E-state index contributed by atoms with van der Waals surface area (Å²) in [6, 6.07) is 12.5. The van der Waals surface area contributed by atoms with Crippen molar-refractivity contribution in [1.82, 2.24) is 4.31 Å². The van der Waals surface area contributed by atoms with Crippen molar-refractivity contribution in [2.75, 3.05) is 6.61 Å². The van der Waals surface area contributed by atoms with Crippen molar-refractivity contribution < 1.29 is 22.9 Å². The lowest BCUT2D eigenvalue weighted by molar-refractivity contribution is -0.384. The minimum Gasteiger partial charge on any atom is -0.465 e. The topological polar surface area (TPSA) is 107 Å². The van der Waals surface area contributed by atoms with Crippen LogP contribution in [0.1, 0.15) is 26.3 Å². The fourth-order valence-corrected chi connectivity index (χ4v) is 4.62. The van der Waals surface area contributed by atoms with E-state index in [1.54, 1.807) is 45.0 Å². The molecule has 0 bridgehead atoms. The Kier molecular flexibility index (Phi) is 7.46. The Balaban J connectivity index is 2.54. The Morgan fingerprint density at radius 1 is 1.10 bits per heavy atom. The van der Waals surface area contributed by atoms with Gasteiger partial charge in [0.2, 0.25) is 10.0 Å². The van der Waals surface area contributed by atoms with E-state index in [1.165, 1.54) is 12.1 Å². The second kappa shape index (κ2) is 9.62. The van der Waals surface area contributed by atoms with Crippen molar-refractivity contribution in [3.63, 3.8) is 0 Å². The summed E-state index contributed by atoms with van der Waals surface area (Å²) >= 11 is 0. The van der Waals surface area contributed by atoms with Crippen LogP contribution in [0.15, 0.2) is 59.5 Å². The van der Waals surface area contributed by atoms with Crippen molar-refractivity contribution in [2.24, 2.45) is 5.92 Å². The van der Waals surface area contributed by atoms with Crippen LogP contribution >= 0.6 is 0 Å². The van der Waals surface area contributed by atoms with E-state index in [1.807, 2.05) is 6.07 Å². The zero-order valence-electron chi connectivity index (χ0n) is 16.5. The molecule has 0 aromatic heterocycles. The fourth-order valence-electron chi connectivity index (χ4n) is 2.92. The summed E-state index contributed by atoms with van der Waals surface area (Å²) in [5.74, 6) is -0.991. The summed E-state index contributed by atoms with van der Waals surface area (Å²) < 4.78 is 33.1. The zero-order valence-corrected chi connectivity index (χ0v) is 17.3. The number of ether oxygens (including phenoxy) is 1. The number of carbonyl (C=O) groups excluding carboxylic acids is 1. The third-order valence-corrected chi connectivity index (χ3v) is 6.15. The lowest BCUT2D eigenvalue weighted by Gasteiger charge is -2.32. The molecule has 2 aromatic carbocycles. The molecule has 2 aromatic rings. The first kappa shape index (κ1) is 22.5. The van der Waals surface area contributed by atoms with E-state index in [-0.39, 0.29) is 29.7 Å². The highest BCUT2D eigenvalue weighted by molar-refractivity contribution is 7.89. The minimum absolute atomic E-state index is 0.0399. The number of nitro groups is 1. The molecule has 29 heavy (non-hydrogen) atoms. The largest absolute Gasteiger partial charge is 0.465 e. The Hall–Kier alpha value is -2.78. The molecule has 0 saturated heterocycles. The van der Waals surface area contributed by atoms with Gasteiger partial charge in [-0.25, -0.2) is 8.42 Å². The first-order chi connectivity index (χ1) is 13.7.